The van der Waals surface area contributed by atoms with Crippen LogP contribution in [-0.2, 0) is 0 Å². The number of hydrogen-bond acceptors (Lipinski definition) is 3. The van der Waals surface area contributed by atoms with Crippen molar-refractivity contribution in [3.05, 3.63) is 59.7 Å². The number of urea groups is 1. The zero-order valence-electron chi connectivity index (χ0n) is 11.0. The van der Waals surface area contributed by atoms with Crippen molar-refractivity contribution in [1.82, 2.24) is 5.32 Å². The van der Waals surface area contributed by atoms with Crippen LogP contribution in [0.15, 0.2) is 48.5 Å². The Balaban J connectivity index is 1.95. The van der Waals surface area contributed by atoms with Crippen LogP contribution < -0.4 is 16.4 Å². The fourth-order valence-corrected chi connectivity index (χ4v) is 1.61. The molecule has 0 radical (unpaired) electrons. The minimum Gasteiger partial charge on any atom is -0.399 e. The summed E-state index contributed by atoms with van der Waals surface area (Å²) in [6.45, 7) is 1.95. The Bertz CT molecular complexity index is 619. The molecule has 2 rings (SSSR count). The molecule has 0 bridgehead atoms. The topological polar surface area (TPSA) is 84.2 Å². The third-order valence-electron chi connectivity index (χ3n) is 2.71. The number of benzene rings is 2. The number of nitrogens with one attached hydrogen (secondary N) is 2. The summed E-state index contributed by atoms with van der Waals surface area (Å²) in [5, 5.41) is 4.83. The molecule has 0 aliphatic rings. The van der Waals surface area contributed by atoms with Gasteiger partial charge < -0.3 is 11.1 Å². The van der Waals surface area contributed by atoms with Crippen LogP contribution >= 0.6 is 0 Å². The minimum absolute atomic E-state index is 0.373. The molecular weight excluding hydrogens is 254 g/mol. The van der Waals surface area contributed by atoms with Gasteiger partial charge in [-0.3, -0.25) is 10.1 Å². The van der Waals surface area contributed by atoms with Crippen LogP contribution in [0, 0.1) is 6.92 Å². The monoisotopic (exact) mass is 269 g/mol. The first-order valence-electron chi connectivity index (χ1n) is 6.09. The second-order valence-electron chi connectivity index (χ2n) is 4.40. The van der Waals surface area contributed by atoms with Crippen molar-refractivity contribution >= 4 is 23.3 Å². The normalized spacial score (nSPS) is 9.85. The van der Waals surface area contributed by atoms with E-state index in [2.05, 4.69) is 10.6 Å². The fourth-order valence-electron chi connectivity index (χ4n) is 1.61. The number of amides is 3. The average molecular weight is 269 g/mol. The summed E-state index contributed by atoms with van der Waals surface area (Å²) in [4.78, 5) is 23.5. The summed E-state index contributed by atoms with van der Waals surface area (Å²) < 4.78 is 0. The first-order chi connectivity index (χ1) is 9.54. The molecule has 0 heterocycles. The quantitative estimate of drug-likeness (QED) is 0.732. The molecular formula is C15H15N3O2. The van der Waals surface area contributed by atoms with Crippen LogP contribution in [0.25, 0.3) is 0 Å². The SMILES string of the molecule is Cc1ccc(NC(=O)NC(=O)c2ccc(N)cc2)cc1. The van der Waals surface area contributed by atoms with Gasteiger partial charge in [-0.1, -0.05) is 17.7 Å². The molecule has 0 spiro atoms. The molecule has 5 heteroatoms. The maximum atomic E-state index is 11.8. The maximum Gasteiger partial charge on any atom is 0.326 e. The lowest BCUT2D eigenvalue weighted by atomic mass is 10.2. The maximum absolute atomic E-state index is 11.8. The number of carbonyl (C=O) groups is 2. The van der Waals surface area contributed by atoms with Gasteiger partial charge in [-0.25, -0.2) is 4.79 Å². The van der Waals surface area contributed by atoms with E-state index in [1.807, 2.05) is 19.1 Å². The van der Waals surface area contributed by atoms with E-state index >= 15 is 0 Å². The molecule has 0 aliphatic heterocycles. The summed E-state index contributed by atoms with van der Waals surface area (Å²) in [5.41, 5.74) is 8.18. The Kier molecular flexibility index (Phi) is 4.00. The highest BCUT2D eigenvalue weighted by atomic mass is 16.2. The predicted molar refractivity (Wildman–Crippen MR) is 78.5 cm³/mol. The molecule has 2 aromatic rings. The third kappa shape index (κ3) is 3.58. The van der Waals surface area contributed by atoms with E-state index in [1.165, 1.54) is 0 Å². The average Bonchev–Trinajstić information content (AvgIpc) is 2.42. The Hall–Kier alpha value is -2.82. The van der Waals surface area contributed by atoms with Crippen molar-refractivity contribution in [1.29, 1.82) is 0 Å². The van der Waals surface area contributed by atoms with E-state index in [0.717, 1.165) is 5.56 Å². The van der Waals surface area contributed by atoms with Crippen LogP contribution in [-0.4, -0.2) is 11.9 Å². The van der Waals surface area contributed by atoms with E-state index in [4.69, 9.17) is 5.73 Å². The lowest BCUT2D eigenvalue weighted by molar-refractivity contribution is 0.0967. The second-order valence-corrected chi connectivity index (χ2v) is 4.40. The van der Waals surface area contributed by atoms with Gasteiger partial charge in [0.05, 0.1) is 0 Å². The number of carbonyl (C=O) groups excluding carboxylic acids is 2. The van der Waals surface area contributed by atoms with Gasteiger partial charge in [-0.2, -0.15) is 0 Å². The van der Waals surface area contributed by atoms with Gasteiger partial charge in [0.15, 0.2) is 0 Å². The molecule has 0 saturated carbocycles. The van der Waals surface area contributed by atoms with Gasteiger partial charge in [0.1, 0.15) is 0 Å². The van der Waals surface area contributed by atoms with Gasteiger partial charge in [0.25, 0.3) is 5.91 Å². The van der Waals surface area contributed by atoms with E-state index in [9.17, 15) is 9.59 Å². The number of nitrogens with two attached hydrogens (primary N) is 1. The zero-order chi connectivity index (χ0) is 14.5. The van der Waals surface area contributed by atoms with Crippen molar-refractivity contribution < 1.29 is 9.59 Å². The van der Waals surface area contributed by atoms with Crippen LogP contribution in [0.4, 0.5) is 16.2 Å². The molecule has 0 unspecified atom stereocenters. The molecule has 0 fully saturated rings. The molecule has 0 atom stereocenters. The lowest BCUT2D eigenvalue weighted by Gasteiger charge is -2.07. The van der Waals surface area contributed by atoms with Crippen LogP contribution in [0.3, 0.4) is 0 Å². The molecule has 3 amide bonds. The molecule has 20 heavy (non-hydrogen) atoms. The summed E-state index contributed by atoms with van der Waals surface area (Å²) in [6.07, 6.45) is 0. The largest absolute Gasteiger partial charge is 0.399 e. The lowest BCUT2D eigenvalue weighted by Crippen LogP contribution is -2.34. The molecule has 102 valence electrons. The zero-order valence-corrected chi connectivity index (χ0v) is 11.0. The molecule has 4 N–H and O–H groups in total. The number of nitrogen functional groups attached to an aromatic ring is 1. The molecule has 0 aliphatic carbocycles. The van der Waals surface area contributed by atoms with Gasteiger partial charge in [0.2, 0.25) is 0 Å². The number of rotatable bonds is 2. The highest BCUT2D eigenvalue weighted by Gasteiger charge is 2.09. The van der Waals surface area contributed by atoms with E-state index in [-0.39, 0.29) is 0 Å². The Morgan fingerprint density at radius 3 is 2.15 bits per heavy atom. The van der Waals surface area contributed by atoms with Crippen molar-refractivity contribution in [2.24, 2.45) is 0 Å². The highest BCUT2D eigenvalue weighted by molar-refractivity contribution is 6.08. The number of hydrogen-bond donors (Lipinski definition) is 3. The third-order valence-corrected chi connectivity index (χ3v) is 2.71. The summed E-state index contributed by atoms with van der Waals surface area (Å²) in [6, 6.07) is 13.0. The van der Waals surface area contributed by atoms with Crippen molar-refractivity contribution in [2.45, 2.75) is 6.92 Å². The highest BCUT2D eigenvalue weighted by Crippen LogP contribution is 2.09. The Labute approximate surface area is 116 Å². The van der Waals surface area contributed by atoms with Crippen LogP contribution in [0.5, 0.6) is 0 Å². The van der Waals surface area contributed by atoms with E-state index in [0.29, 0.717) is 16.9 Å². The second kappa shape index (κ2) is 5.88. The Morgan fingerprint density at radius 2 is 1.55 bits per heavy atom. The van der Waals surface area contributed by atoms with Crippen LogP contribution in [0.2, 0.25) is 0 Å². The predicted octanol–water partition coefficient (Wildman–Crippen LogP) is 2.54. The van der Waals surface area contributed by atoms with E-state index < -0.39 is 11.9 Å². The number of anilines is 2. The minimum atomic E-state index is -0.573. The van der Waals surface area contributed by atoms with Gasteiger partial charge in [-0.05, 0) is 43.3 Å². The summed E-state index contributed by atoms with van der Waals surface area (Å²) >= 11 is 0. The fraction of sp³-hybridized carbons (Fsp3) is 0.0667. The smallest absolute Gasteiger partial charge is 0.326 e. The number of aryl methyl sites for hydroxylation is 1. The first kappa shape index (κ1) is 13.6. The number of imide groups is 1. The molecule has 0 saturated heterocycles. The summed E-state index contributed by atoms with van der Waals surface area (Å²) in [7, 11) is 0. The van der Waals surface area contributed by atoms with Gasteiger partial charge in [-0.15, -0.1) is 0 Å². The van der Waals surface area contributed by atoms with Crippen LogP contribution in [0.1, 0.15) is 15.9 Å². The van der Waals surface area contributed by atoms with Crippen molar-refractivity contribution in [3.8, 4) is 0 Å². The van der Waals surface area contributed by atoms with Crippen molar-refractivity contribution in [3.63, 3.8) is 0 Å². The van der Waals surface area contributed by atoms with Gasteiger partial charge in [0, 0.05) is 16.9 Å². The van der Waals surface area contributed by atoms with Crippen molar-refractivity contribution in [2.75, 3.05) is 11.1 Å². The van der Waals surface area contributed by atoms with Gasteiger partial charge >= 0.3 is 6.03 Å². The summed E-state index contributed by atoms with van der Waals surface area (Å²) in [5.74, 6) is -0.477. The first-order valence-corrected chi connectivity index (χ1v) is 6.09. The molecule has 0 aromatic heterocycles. The molecule has 2 aromatic carbocycles. The van der Waals surface area contributed by atoms with E-state index in [1.54, 1.807) is 36.4 Å². The standard InChI is InChI=1S/C15H15N3O2/c1-10-2-8-13(9-3-10)17-15(20)18-14(19)11-4-6-12(16)7-5-11/h2-9H,16H2,1H3,(H2,17,18,19,20). The molecule has 5 nitrogen and oxygen atoms in total. The Morgan fingerprint density at radius 1 is 0.950 bits per heavy atom.